The van der Waals surface area contributed by atoms with Crippen LogP contribution in [-0.2, 0) is 5.41 Å². The molecule has 0 spiro atoms. The predicted molar refractivity (Wildman–Crippen MR) is 268 cm³/mol. The van der Waals surface area contributed by atoms with Crippen molar-refractivity contribution in [3.8, 4) is 90.5 Å². The maximum Gasteiger partial charge on any atom is 0.178 e. The van der Waals surface area contributed by atoms with Crippen molar-refractivity contribution in [1.29, 1.82) is 0 Å². The van der Waals surface area contributed by atoms with Crippen LogP contribution in [0.15, 0.2) is 237 Å². The fourth-order valence-corrected chi connectivity index (χ4v) is 10.3. The molecule has 0 N–H and O–H groups in total. The summed E-state index contributed by atoms with van der Waals surface area (Å²) in [5, 5.41) is 2.22. The molecule has 0 saturated carbocycles. The van der Waals surface area contributed by atoms with Gasteiger partial charge in [0.2, 0.25) is 0 Å². The lowest BCUT2D eigenvalue weighted by Crippen LogP contribution is -2.28. The summed E-state index contributed by atoms with van der Waals surface area (Å²) in [7, 11) is 0. The lowest BCUT2D eigenvalue weighted by Gasteiger charge is -2.34. The minimum absolute atomic E-state index is 0.543. The van der Waals surface area contributed by atoms with Crippen molar-refractivity contribution in [2.75, 3.05) is 0 Å². The Bertz CT molecular complexity index is 3630. The molecule has 0 bridgehead atoms. The normalized spacial score (nSPS) is 12.8. The molecule has 11 aromatic rings. The summed E-state index contributed by atoms with van der Waals surface area (Å²) in [6, 6.07) is 82.5. The van der Waals surface area contributed by atoms with Gasteiger partial charge in [-0.3, -0.25) is 0 Å². The Labute approximate surface area is 388 Å². The Kier molecular flexibility index (Phi) is 9.00. The van der Waals surface area contributed by atoms with Crippen LogP contribution in [0.5, 0.6) is 23.0 Å². The number of nitrogens with zero attached hydrogens (tertiary/aromatic N) is 3. The van der Waals surface area contributed by atoms with Crippen molar-refractivity contribution < 1.29 is 9.47 Å². The number of para-hydroxylation sites is 1. The zero-order valence-electron chi connectivity index (χ0n) is 36.2. The molecule has 5 heteroatoms. The largest absolute Gasteiger partial charge is 0.449 e. The lowest BCUT2D eigenvalue weighted by atomic mass is 9.68. The Morgan fingerprint density at radius 2 is 0.761 bits per heavy atom. The van der Waals surface area contributed by atoms with Crippen LogP contribution in [0.1, 0.15) is 22.3 Å². The molecular formula is C62H39N3O2. The molecule has 0 saturated heterocycles. The van der Waals surface area contributed by atoms with Crippen LogP contribution in [0.4, 0.5) is 0 Å². The van der Waals surface area contributed by atoms with Crippen LogP contribution in [0.3, 0.4) is 0 Å². The first-order valence-corrected chi connectivity index (χ1v) is 22.6. The first-order chi connectivity index (χ1) is 33.2. The molecule has 0 amide bonds. The van der Waals surface area contributed by atoms with Crippen LogP contribution in [-0.4, -0.2) is 15.0 Å². The third-order valence-corrected chi connectivity index (χ3v) is 13.3. The number of fused-ring (bicyclic) bond motifs is 7. The maximum absolute atomic E-state index is 7.02. The molecule has 1 aliphatic carbocycles. The van der Waals surface area contributed by atoms with Crippen LogP contribution < -0.4 is 9.47 Å². The van der Waals surface area contributed by atoms with Gasteiger partial charge in [0.05, 0.1) is 5.41 Å². The standard InChI is InChI=1S/C62H39N3O2/c1-5-18-40(19-6-1)46-36-37-50(49-27-14-13-26-48(46)49)61-64-59(42-20-7-2-8-21-42)63-60(65-61)43-34-32-41(33-35-43)47-29-17-31-54-57(47)66-55-39-38-53-56(58(55)67-54)51-28-15-16-30-52(51)62(53,44-22-9-3-10-23-44)45-24-11-4-12-25-45/h1-39H. The van der Waals surface area contributed by atoms with Crippen molar-refractivity contribution in [3.05, 3.63) is 259 Å². The minimum Gasteiger partial charge on any atom is -0.449 e. The van der Waals surface area contributed by atoms with E-state index < -0.39 is 5.41 Å². The monoisotopic (exact) mass is 857 g/mol. The molecule has 0 atom stereocenters. The highest BCUT2D eigenvalue weighted by atomic mass is 16.6. The molecule has 1 aliphatic heterocycles. The summed E-state index contributed by atoms with van der Waals surface area (Å²) >= 11 is 0. The third-order valence-electron chi connectivity index (χ3n) is 13.3. The second-order valence-corrected chi connectivity index (χ2v) is 17.0. The molecule has 0 unspecified atom stereocenters. The van der Waals surface area contributed by atoms with Crippen LogP contribution in [0.2, 0.25) is 0 Å². The molecule has 314 valence electrons. The highest BCUT2D eigenvalue weighted by molar-refractivity contribution is 6.04. The maximum atomic E-state index is 7.02. The fraction of sp³-hybridized carbons (Fsp3) is 0.0161. The van der Waals surface area contributed by atoms with Gasteiger partial charge in [0.15, 0.2) is 40.5 Å². The van der Waals surface area contributed by atoms with Gasteiger partial charge in [-0.1, -0.05) is 218 Å². The quantitative estimate of drug-likeness (QED) is 0.160. The van der Waals surface area contributed by atoms with Gasteiger partial charge >= 0.3 is 0 Å². The first kappa shape index (κ1) is 38.5. The molecule has 10 aromatic carbocycles. The van der Waals surface area contributed by atoms with Gasteiger partial charge in [-0.2, -0.15) is 0 Å². The van der Waals surface area contributed by atoms with Crippen LogP contribution in [0, 0.1) is 0 Å². The van der Waals surface area contributed by atoms with E-state index in [-0.39, 0.29) is 0 Å². The van der Waals surface area contributed by atoms with Gasteiger partial charge in [0, 0.05) is 27.8 Å². The Morgan fingerprint density at radius 3 is 1.45 bits per heavy atom. The third kappa shape index (κ3) is 6.20. The molecule has 1 aromatic heterocycles. The number of rotatable bonds is 7. The molecular weight excluding hydrogens is 819 g/mol. The van der Waals surface area contributed by atoms with E-state index in [4.69, 9.17) is 24.4 Å². The summed E-state index contributed by atoms with van der Waals surface area (Å²) in [5.74, 6) is 4.55. The number of hydrogen-bond acceptors (Lipinski definition) is 5. The van der Waals surface area contributed by atoms with Gasteiger partial charge in [-0.05, 0) is 73.5 Å². The van der Waals surface area contributed by atoms with Crippen LogP contribution >= 0.6 is 0 Å². The highest BCUT2D eigenvalue weighted by Gasteiger charge is 2.48. The van der Waals surface area contributed by atoms with Crippen molar-refractivity contribution in [3.63, 3.8) is 0 Å². The second kappa shape index (κ2) is 15.7. The zero-order chi connectivity index (χ0) is 44.3. The van der Waals surface area contributed by atoms with Gasteiger partial charge in [-0.15, -0.1) is 0 Å². The Hall–Kier alpha value is -8.93. The molecule has 0 radical (unpaired) electrons. The number of aromatic nitrogens is 3. The summed E-state index contributed by atoms with van der Waals surface area (Å²) in [6.45, 7) is 0. The van der Waals surface area contributed by atoms with Gasteiger partial charge in [0.25, 0.3) is 0 Å². The molecule has 5 nitrogen and oxygen atoms in total. The average Bonchev–Trinajstić information content (AvgIpc) is 3.72. The average molecular weight is 858 g/mol. The van der Waals surface area contributed by atoms with E-state index in [9.17, 15) is 0 Å². The number of hydrogen-bond donors (Lipinski definition) is 0. The van der Waals surface area contributed by atoms with Crippen molar-refractivity contribution in [2.45, 2.75) is 5.41 Å². The molecule has 2 heterocycles. The van der Waals surface area contributed by atoms with Crippen molar-refractivity contribution >= 4 is 10.8 Å². The summed E-state index contributed by atoms with van der Waals surface area (Å²) < 4.78 is 14.0. The summed E-state index contributed by atoms with van der Waals surface area (Å²) in [6.07, 6.45) is 0. The molecule has 67 heavy (non-hydrogen) atoms. The van der Waals surface area contributed by atoms with E-state index in [1.165, 1.54) is 16.7 Å². The van der Waals surface area contributed by atoms with E-state index in [1.807, 2.05) is 48.5 Å². The Morgan fingerprint density at radius 1 is 0.284 bits per heavy atom. The van der Waals surface area contributed by atoms with Crippen molar-refractivity contribution in [1.82, 2.24) is 15.0 Å². The van der Waals surface area contributed by atoms with E-state index >= 15 is 0 Å². The smallest absolute Gasteiger partial charge is 0.178 e. The highest BCUT2D eigenvalue weighted by Crippen LogP contribution is 2.62. The molecule has 2 aliphatic rings. The van der Waals surface area contributed by atoms with Gasteiger partial charge in [-0.25, -0.2) is 15.0 Å². The lowest BCUT2D eigenvalue weighted by molar-refractivity contribution is 0.361. The number of benzene rings is 10. The predicted octanol–water partition coefficient (Wildman–Crippen LogP) is 15.6. The topological polar surface area (TPSA) is 57.1 Å². The Balaban J connectivity index is 0.887. The van der Waals surface area contributed by atoms with E-state index in [0.717, 1.165) is 72.2 Å². The van der Waals surface area contributed by atoms with Gasteiger partial charge < -0.3 is 9.47 Å². The second-order valence-electron chi connectivity index (χ2n) is 17.0. The molecule has 0 fully saturated rings. The first-order valence-electron chi connectivity index (χ1n) is 22.6. The van der Waals surface area contributed by atoms with E-state index in [2.05, 4.69) is 188 Å². The molecule has 13 rings (SSSR count). The van der Waals surface area contributed by atoms with E-state index in [0.29, 0.717) is 34.7 Å². The van der Waals surface area contributed by atoms with E-state index in [1.54, 1.807) is 0 Å². The SMILES string of the molecule is c1ccc(-c2nc(-c3ccc(-c4cccc5c4Oc4ccc6c(c4O5)-c4ccccc4C6(c4ccccc4)c4ccccc4)cc3)nc(-c3ccc(-c4ccccc4)c4ccccc34)n2)cc1. The van der Waals surface area contributed by atoms with Crippen molar-refractivity contribution in [2.24, 2.45) is 0 Å². The fourth-order valence-electron chi connectivity index (χ4n) is 10.3. The minimum atomic E-state index is -0.543. The number of ether oxygens (including phenoxy) is 2. The van der Waals surface area contributed by atoms with Crippen LogP contribution in [0.25, 0.3) is 78.3 Å². The zero-order valence-corrected chi connectivity index (χ0v) is 36.2. The van der Waals surface area contributed by atoms with Gasteiger partial charge in [0.1, 0.15) is 0 Å². The summed E-state index contributed by atoms with van der Waals surface area (Å²) in [5.41, 5.74) is 13.4. The summed E-state index contributed by atoms with van der Waals surface area (Å²) in [4.78, 5) is 15.3.